The maximum absolute atomic E-state index is 13.1. The number of esters is 1. The molecule has 1 aromatic heterocycles. The summed E-state index contributed by atoms with van der Waals surface area (Å²) in [5, 5.41) is 9.31. The van der Waals surface area contributed by atoms with E-state index in [9.17, 15) is 4.79 Å². The van der Waals surface area contributed by atoms with Gasteiger partial charge < -0.3 is 10.1 Å². The topological polar surface area (TPSA) is 69.0 Å². The summed E-state index contributed by atoms with van der Waals surface area (Å²) in [6, 6.07) is 15.2. The van der Waals surface area contributed by atoms with Gasteiger partial charge in [0, 0.05) is 20.9 Å². The number of halogens is 2. The van der Waals surface area contributed by atoms with Crippen molar-refractivity contribution in [1.82, 2.24) is 14.8 Å². The first-order chi connectivity index (χ1) is 16.0. The van der Waals surface area contributed by atoms with Crippen molar-refractivity contribution in [1.29, 1.82) is 0 Å². The molecule has 6 nitrogen and oxygen atoms in total. The molecular formula is C24H24BrClN4O2S. The molecule has 0 spiro atoms. The van der Waals surface area contributed by atoms with Crippen molar-refractivity contribution in [2.45, 2.75) is 43.6 Å². The SMILES string of the molecule is CCCCOC(=O)C1=C(C)Nc2nc(SCc3ccccc3Cl)nn2C1c1cccc(Br)c1. The lowest BCUT2D eigenvalue weighted by molar-refractivity contribution is -0.139. The Morgan fingerprint density at radius 2 is 2.09 bits per heavy atom. The summed E-state index contributed by atoms with van der Waals surface area (Å²) in [7, 11) is 0. The second-order valence-corrected chi connectivity index (χ2v) is 9.92. The van der Waals surface area contributed by atoms with E-state index in [4.69, 9.17) is 21.4 Å². The van der Waals surface area contributed by atoms with Crippen LogP contribution in [0.4, 0.5) is 5.95 Å². The van der Waals surface area contributed by atoms with Crippen LogP contribution in [-0.2, 0) is 15.3 Å². The maximum atomic E-state index is 13.1. The Balaban J connectivity index is 1.67. The monoisotopic (exact) mass is 546 g/mol. The zero-order valence-corrected chi connectivity index (χ0v) is 21.5. The summed E-state index contributed by atoms with van der Waals surface area (Å²) in [4.78, 5) is 17.8. The predicted octanol–water partition coefficient (Wildman–Crippen LogP) is 6.62. The van der Waals surface area contributed by atoms with Gasteiger partial charge in [0.15, 0.2) is 0 Å². The van der Waals surface area contributed by atoms with Gasteiger partial charge in [0.05, 0.1) is 12.2 Å². The first-order valence-electron chi connectivity index (χ1n) is 10.7. The molecule has 0 saturated heterocycles. The number of carbonyl (C=O) groups excluding carboxylic acids is 1. The highest BCUT2D eigenvalue weighted by molar-refractivity contribution is 9.10. The van der Waals surface area contributed by atoms with Crippen LogP contribution in [0.3, 0.4) is 0 Å². The van der Waals surface area contributed by atoms with E-state index in [0.29, 0.717) is 39.8 Å². The van der Waals surface area contributed by atoms with Crippen molar-refractivity contribution in [2.24, 2.45) is 0 Å². The Labute approximate surface area is 210 Å². The van der Waals surface area contributed by atoms with Crippen LogP contribution in [0.5, 0.6) is 0 Å². The summed E-state index contributed by atoms with van der Waals surface area (Å²) >= 11 is 11.3. The molecular weight excluding hydrogens is 524 g/mol. The second-order valence-electron chi connectivity index (χ2n) is 7.65. The predicted molar refractivity (Wildman–Crippen MR) is 136 cm³/mol. The number of ether oxygens (including phenoxy) is 1. The van der Waals surface area contributed by atoms with Crippen molar-refractivity contribution in [2.75, 3.05) is 11.9 Å². The van der Waals surface area contributed by atoms with Crippen LogP contribution in [0.1, 0.15) is 43.9 Å². The fourth-order valence-corrected chi connectivity index (χ4v) is 5.12. The third-order valence-electron chi connectivity index (χ3n) is 5.26. The van der Waals surface area contributed by atoms with Crippen LogP contribution in [0.2, 0.25) is 5.02 Å². The van der Waals surface area contributed by atoms with Crippen molar-refractivity contribution in [3.05, 3.63) is 80.4 Å². The lowest BCUT2D eigenvalue weighted by Gasteiger charge is -2.28. The van der Waals surface area contributed by atoms with Gasteiger partial charge in [0.2, 0.25) is 11.1 Å². The minimum atomic E-state index is -0.449. The fourth-order valence-electron chi connectivity index (χ4n) is 3.59. The number of anilines is 1. The number of unbranched alkanes of at least 4 members (excludes halogenated alkanes) is 1. The number of hydrogen-bond donors (Lipinski definition) is 1. The Bertz CT molecular complexity index is 1200. The number of benzene rings is 2. The summed E-state index contributed by atoms with van der Waals surface area (Å²) in [5.74, 6) is 0.886. The zero-order chi connectivity index (χ0) is 23.4. The molecule has 9 heteroatoms. The van der Waals surface area contributed by atoms with E-state index in [-0.39, 0.29) is 5.97 Å². The lowest BCUT2D eigenvalue weighted by atomic mass is 9.96. The average molecular weight is 548 g/mol. The first kappa shape index (κ1) is 23.9. The summed E-state index contributed by atoms with van der Waals surface area (Å²) in [6.45, 7) is 4.32. The van der Waals surface area contributed by atoms with Crippen molar-refractivity contribution < 1.29 is 9.53 Å². The van der Waals surface area contributed by atoms with Gasteiger partial charge in [-0.2, -0.15) is 4.98 Å². The number of rotatable bonds is 8. The molecule has 1 aliphatic heterocycles. The Kier molecular flexibility index (Phi) is 7.78. The van der Waals surface area contributed by atoms with Crippen molar-refractivity contribution >= 4 is 51.2 Å². The number of fused-ring (bicyclic) bond motifs is 1. The summed E-state index contributed by atoms with van der Waals surface area (Å²) in [5.41, 5.74) is 3.18. The number of aromatic nitrogens is 3. The number of nitrogens with zero attached hydrogens (tertiary/aromatic N) is 3. The normalized spacial score (nSPS) is 15.2. The molecule has 1 aliphatic rings. The lowest BCUT2D eigenvalue weighted by Crippen LogP contribution is -2.29. The molecule has 4 rings (SSSR count). The van der Waals surface area contributed by atoms with E-state index in [1.807, 2.05) is 55.5 Å². The molecule has 33 heavy (non-hydrogen) atoms. The van der Waals surface area contributed by atoms with Gasteiger partial charge in [0.25, 0.3) is 0 Å². The fraction of sp³-hybridized carbons (Fsp3) is 0.292. The molecule has 0 fully saturated rings. The highest BCUT2D eigenvalue weighted by Gasteiger charge is 2.35. The minimum Gasteiger partial charge on any atom is -0.462 e. The third-order valence-corrected chi connectivity index (χ3v) is 7.01. The van der Waals surface area contributed by atoms with E-state index in [1.54, 1.807) is 4.68 Å². The van der Waals surface area contributed by atoms with Gasteiger partial charge in [0.1, 0.15) is 6.04 Å². The molecule has 0 saturated carbocycles. The maximum Gasteiger partial charge on any atom is 0.338 e. The summed E-state index contributed by atoms with van der Waals surface area (Å²) < 4.78 is 8.27. The zero-order valence-electron chi connectivity index (χ0n) is 18.3. The van der Waals surface area contributed by atoms with Crippen molar-refractivity contribution in [3.63, 3.8) is 0 Å². The number of thioether (sulfide) groups is 1. The Morgan fingerprint density at radius 1 is 1.27 bits per heavy atom. The first-order valence-corrected chi connectivity index (χ1v) is 12.9. The van der Waals surface area contributed by atoms with Crippen molar-refractivity contribution in [3.8, 4) is 0 Å². The molecule has 0 aliphatic carbocycles. The van der Waals surface area contributed by atoms with Gasteiger partial charge in [-0.3, -0.25) is 0 Å². The standard InChI is InChI=1S/C24H24BrClN4O2S/c1-3-4-12-32-22(31)20-15(2)27-23-28-24(33-14-17-8-5-6-11-19(17)26)29-30(23)21(20)16-9-7-10-18(25)13-16/h5-11,13,21H,3-4,12,14H2,1-2H3,(H,27,28,29). The molecule has 2 aromatic carbocycles. The van der Waals surface area contributed by atoms with Crippen LogP contribution in [-0.4, -0.2) is 27.3 Å². The smallest absolute Gasteiger partial charge is 0.338 e. The second kappa shape index (κ2) is 10.8. The van der Waals surface area contributed by atoms with Crippen LogP contribution in [0.25, 0.3) is 0 Å². The molecule has 0 radical (unpaired) electrons. The average Bonchev–Trinajstić information content (AvgIpc) is 3.20. The molecule has 3 aromatic rings. The van der Waals surface area contributed by atoms with Crippen LogP contribution in [0, 0.1) is 0 Å². The van der Waals surface area contributed by atoms with Crippen LogP contribution < -0.4 is 5.32 Å². The van der Waals surface area contributed by atoms with Gasteiger partial charge in [-0.05, 0) is 42.7 Å². The Morgan fingerprint density at radius 3 is 2.85 bits per heavy atom. The number of nitrogens with one attached hydrogen (secondary N) is 1. The molecule has 172 valence electrons. The Hall–Kier alpha value is -2.29. The van der Waals surface area contributed by atoms with Gasteiger partial charge in [-0.15, -0.1) is 5.10 Å². The van der Waals surface area contributed by atoms with Gasteiger partial charge in [-0.1, -0.05) is 83.0 Å². The van der Waals surface area contributed by atoms with Crippen LogP contribution in [0.15, 0.2) is 69.4 Å². The molecule has 1 unspecified atom stereocenters. The molecule has 0 amide bonds. The van der Waals surface area contributed by atoms with E-state index in [1.165, 1.54) is 11.8 Å². The number of hydrogen-bond acceptors (Lipinski definition) is 6. The number of allylic oxidation sites excluding steroid dienone is 1. The molecule has 1 N–H and O–H groups in total. The van der Waals surface area contributed by atoms with E-state index in [2.05, 4.69) is 33.2 Å². The van der Waals surface area contributed by atoms with Crippen LogP contribution >= 0.6 is 39.3 Å². The summed E-state index contributed by atoms with van der Waals surface area (Å²) in [6.07, 6.45) is 1.78. The molecule has 1 atom stereocenters. The quantitative estimate of drug-likeness (QED) is 0.194. The molecule has 0 bridgehead atoms. The third kappa shape index (κ3) is 5.45. The van der Waals surface area contributed by atoms with E-state index < -0.39 is 6.04 Å². The minimum absolute atomic E-state index is 0.343. The van der Waals surface area contributed by atoms with Gasteiger partial charge in [-0.25, -0.2) is 9.48 Å². The van der Waals surface area contributed by atoms with E-state index in [0.717, 1.165) is 28.4 Å². The highest BCUT2D eigenvalue weighted by atomic mass is 79.9. The number of carbonyl (C=O) groups is 1. The molecule has 2 heterocycles. The largest absolute Gasteiger partial charge is 0.462 e. The highest BCUT2D eigenvalue weighted by Crippen LogP contribution is 2.38. The van der Waals surface area contributed by atoms with Gasteiger partial charge >= 0.3 is 5.97 Å². The van der Waals surface area contributed by atoms with E-state index >= 15 is 0 Å².